The minimum absolute atomic E-state index is 0.102. The predicted molar refractivity (Wildman–Crippen MR) is 85.0 cm³/mol. The molecule has 1 amide bonds. The van der Waals surface area contributed by atoms with E-state index >= 15 is 0 Å². The van der Waals surface area contributed by atoms with Gasteiger partial charge in [0.05, 0.1) is 0 Å². The number of carbonyl (C=O) groups is 1. The van der Waals surface area contributed by atoms with E-state index in [4.69, 9.17) is 5.73 Å². The molecule has 0 unspecified atom stereocenters. The third-order valence-corrected chi connectivity index (χ3v) is 5.30. The van der Waals surface area contributed by atoms with Gasteiger partial charge in [-0.25, -0.2) is 4.98 Å². The topological polar surface area (TPSA) is 68.0 Å². The maximum atomic E-state index is 12.4. The first-order valence-electron chi connectivity index (χ1n) is 7.21. The van der Waals surface area contributed by atoms with Gasteiger partial charge in [0.25, 0.3) is 5.91 Å². The first-order chi connectivity index (χ1) is 9.75. The maximum absolute atomic E-state index is 12.4. The van der Waals surface area contributed by atoms with Crippen molar-refractivity contribution in [1.82, 2.24) is 10.3 Å². The van der Waals surface area contributed by atoms with Crippen LogP contribution >= 0.6 is 0 Å². The number of nitrogens with zero attached hydrogens (tertiary/aromatic N) is 1. The highest BCUT2D eigenvalue weighted by Gasteiger charge is 2.65. The summed E-state index contributed by atoms with van der Waals surface area (Å²) in [5, 5.41) is 4.90. The van der Waals surface area contributed by atoms with Crippen LogP contribution in [0.5, 0.6) is 0 Å². The Hall–Kier alpha value is -2.10. The summed E-state index contributed by atoms with van der Waals surface area (Å²) in [6.07, 6.45) is 0. The first kappa shape index (κ1) is 13.9. The summed E-state index contributed by atoms with van der Waals surface area (Å²) in [5.74, 6) is 0.240. The summed E-state index contributed by atoms with van der Waals surface area (Å²) in [4.78, 5) is 16.7. The molecule has 110 valence electrons. The fourth-order valence-corrected chi connectivity index (χ4v) is 3.10. The number of anilines is 1. The van der Waals surface area contributed by atoms with Crippen molar-refractivity contribution < 1.29 is 4.79 Å². The Bertz CT molecular complexity index is 720. The number of amides is 1. The molecule has 0 atom stereocenters. The lowest BCUT2D eigenvalue weighted by Gasteiger charge is -2.08. The predicted octanol–water partition coefficient (Wildman–Crippen LogP) is 2.98. The number of rotatable bonds is 2. The van der Waals surface area contributed by atoms with E-state index in [-0.39, 0.29) is 22.8 Å². The Balaban J connectivity index is 1.90. The van der Waals surface area contributed by atoms with Crippen molar-refractivity contribution in [1.29, 1.82) is 0 Å². The second-order valence-corrected chi connectivity index (χ2v) is 6.96. The highest BCUT2D eigenvalue weighted by Crippen LogP contribution is 2.62. The number of benzene rings is 1. The van der Waals surface area contributed by atoms with E-state index in [0.29, 0.717) is 11.5 Å². The third-order valence-electron chi connectivity index (χ3n) is 5.30. The summed E-state index contributed by atoms with van der Waals surface area (Å²) < 4.78 is 0. The Morgan fingerprint density at radius 1 is 1.19 bits per heavy atom. The smallest absolute Gasteiger partial charge is 0.270 e. The fraction of sp³-hybridized carbons (Fsp3) is 0.412. The van der Waals surface area contributed by atoms with Crippen molar-refractivity contribution in [3.05, 3.63) is 36.0 Å². The van der Waals surface area contributed by atoms with Crippen LogP contribution in [-0.4, -0.2) is 16.9 Å². The van der Waals surface area contributed by atoms with E-state index in [1.165, 1.54) is 0 Å². The second-order valence-electron chi connectivity index (χ2n) is 6.96. The van der Waals surface area contributed by atoms with Crippen LogP contribution in [-0.2, 0) is 0 Å². The van der Waals surface area contributed by atoms with Crippen molar-refractivity contribution in [2.24, 2.45) is 10.8 Å². The van der Waals surface area contributed by atoms with Gasteiger partial charge in [0, 0.05) is 11.4 Å². The molecule has 1 aliphatic carbocycles. The molecule has 0 saturated heterocycles. The molecular formula is C17H21N3O. The number of pyridine rings is 1. The largest absolute Gasteiger partial charge is 0.383 e. The Morgan fingerprint density at radius 2 is 1.81 bits per heavy atom. The summed E-state index contributed by atoms with van der Waals surface area (Å²) in [5.41, 5.74) is 6.54. The summed E-state index contributed by atoms with van der Waals surface area (Å²) in [6.45, 7) is 8.67. The van der Waals surface area contributed by atoms with Crippen LogP contribution in [0.4, 0.5) is 5.82 Å². The van der Waals surface area contributed by atoms with Crippen LogP contribution in [0.2, 0.25) is 0 Å². The zero-order valence-electron chi connectivity index (χ0n) is 12.9. The quantitative estimate of drug-likeness (QED) is 0.890. The monoisotopic (exact) mass is 283 g/mol. The first-order valence-corrected chi connectivity index (χ1v) is 7.21. The van der Waals surface area contributed by atoms with Gasteiger partial charge in [-0.3, -0.25) is 4.79 Å². The highest BCUT2D eigenvalue weighted by molar-refractivity contribution is 6.00. The molecule has 3 N–H and O–H groups in total. The maximum Gasteiger partial charge on any atom is 0.270 e. The molecule has 1 saturated carbocycles. The van der Waals surface area contributed by atoms with E-state index in [2.05, 4.69) is 38.0 Å². The molecule has 3 rings (SSSR count). The number of hydrogen-bond acceptors (Lipinski definition) is 3. The lowest BCUT2D eigenvalue weighted by molar-refractivity contribution is 0.0939. The standard InChI is InChI=1S/C17H21N3O/c1-16(2)15(17(16,3)4)20-14(21)12-9-10-7-5-6-8-11(10)13(18)19-12/h5-9,15H,1-4H3,(H2,18,19)(H,20,21). The van der Waals surface area contributed by atoms with E-state index in [0.717, 1.165) is 10.8 Å². The van der Waals surface area contributed by atoms with E-state index in [9.17, 15) is 4.79 Å². The highest BCUT2D eigenvalue weighted by atomic mass is 16.2. The molecule has 0 aliphatic heterocycles. The van der Waals surface area contributed by atoms with Crippen LogP contribution in [0, 0.1) is 10.8 Å². The summed E-state index contributed by atoms with van der Waals surface area (Å²) in [6, 6.07) is 9.64. The van der Waals surface area contributed by atoms with Crippen molar-refractivity contribution >= 4 is 22.5 Å². The molecule has 1 heterocycles. The average molecular weight is 283 g/mol. The lowest BCUT2D eigenvalue weighted by Crippen LogP contribution is -2.30. The number of fused-ring (bicyclic) bond motifs is 1. The summed E-state index contributed by atoms with van der Waals surface area (Å²) >= 11 is 0. The molecule has 0 spiro atoms. The summed E-state index contributed by atoms with van der Waals surface area (Å²) in [7, 11) is 0. The minimum atomic E-state index is -0.156. The number of hydrogen-bond donors (Lipinski definition) is 2. The zero-order valence-corrected chi connectivity index (χ0v) is 12.9. The number of nitrogen functional groups attached to an aromatic ring is 1. The van der Waals surface area contributed by atoms with Gasteiger partial charge < -0.3 is 11.1 Å². The number of nitrogens with one attached hydrogen (secondary N) is 1. The molecule has 1 fully saturated rings. The Kier molecular flexibility index (Phi) is 2.77. The minimum Gasteiger partial charge on any atom is -0.383 e. The van der Waals surface area contributed by atoms with E-state index in [1.807, 2.05) is 24.3 Å². The van der Waals surface area contributed by atoms with Gasteiger partial charge in [-0.05, 0) is 22.3 Å². The van der Waals surface area contributed by atoms with Gasteiger partial charge in [-0.1, -0.05) is 52.0 Å². The van der Waals surface area contributed by atoms with Crippen molar-refractivity contribution in [3.63, 3.8) is 0 Å². The van der Waals surface area contributed by atoms with Crippen LogP contribution in [0.1, 0.15) is 38.2 Å². The molecule has 2 aromatic rings. The molecule has 0 bridgehead atoms. The van der Waals surface area contributed by atoms with Gasteiger partial charge >= 0.3 is 0 Å². The van der Waals surface area contributed by atoms with E-state index < -0.39 is 0 Å². The molecule has 4 nitrogen and oxygen atoms in total. The normalized spacial score (nSPS) is 19.4. The van der Waals surface area contributed by atoms with Gasteiger partial charge in [0.1, 0.15) is 11.5 Å². The van der Waals surface area contributed by atoms with E-state index in [1.54, 1.807) is 6.07 Å². The van der Waals surface area contributed by atoms with Crippen molar-refractivity contribution in [2.75, 3.05) is 5.73 Å². The fourth-order valence-electron chi connectivity index (χ4n) is 3.10. The Morgan fingerprint density at radius 3 is 2.43 bits per heavy atom. The molecule has 1 aromatic carbocycles. The molecule has 1 aliphatic rings. The Labute approximate surface area is 124 Å². The van der Waals surface area contributed by atoms with Crippen molar-refractivity contribution in [3.8, 4) is 0 Å². The molecular weight excluding hydrogens is 262 g/mol. The molecule has 0 radical (unpaired) electrons. The lowest BCUT2D eigenvalue weighted by atomic mass is 10.0. The van der Waals surface area contributed by atoms with Gasteiger partial charge in [-0.2, -0.15) is 0 Å². The van der Waals surface area contributed by atoms with Crippen LogP contribution in [0.25, 0.3) is 10.8 Å². The number of nitrogens with two attached hydrogens (primary N) is 1. The van der Waals surface area contributed by atoms with Crippen molar-refractivity contribution in [2.45, 2.75) is 33.7 Å². The molecule has 21 heavy (non-hydrogen) atoms. The zero-order chi connectivity index (χ0) is 15.4. The third kappa shape index (κ3) is 1.97. The van der Waals surface area contributed by atoms with Crippen LogP contribution in [0.3, 0.4) is 0 Å². The van der Waals surface area contributed by atoms with Crippen LogP contribution < -0.4 is 11.1 Å². The molecule has 4 heteroatoms. The van der Waals surface area contributed by atoms with Gasteiger partial charge in [0.2, 0.25) is 0 Å². The van der Waals surface area contributed by atoms with Gasteiger partial charge in [-0.15, -0.1) is 0 Å². The number of aromatic nitrogens is 1. The van der Waals surface area contributed by atoms with Crippen LogP contribution in [0.15, 0.2) is 30.3 Å². The number of carbonyl (C=O) groups excluding carboxylic acids is 1. The second kappa shape index (κ2) is 4.20. The average Bonchev–Trinajstić information content (AvgIpc) is 2.81. The molecule has 1 aromatic heterocycles. The van der Waals surface area contributed by atoms with Gasteiger partial charge in [0.15, 0.2) is 0 Å². The SMILES string of the molecule is CC1(C)C(NC(=O)c2cc3ccccc3c(N)n2)C1(C)C.